The van der Waals surface area contributed by atoms with Crippen LogP contribution in [0.25, 0.3) is 10.9 Å². The van der Waals surface area contributed by atoms with E-state index < -0.39 is 10.0 Å². The Morgan fingerprint density at radius 3 is 2.50 bits per heavy atom. The highest BCUT2D eigenvalue weighted by molar-refractivity contribution is 7.89. The summed E-state index contributed by atoms with van der Waals surface area (Å²) in [5.41, 5.74) is 3.99. The van der Waals surface area contributed by atoms with Crippen molar-refractivity contribution in [1.82, 2.24) is 9.29 Å². The zero-order chi connectivity index (χ0) is 19.9. The van der Waals surface area contributed by atoms with E-state index in [0.29, 0.717) is 23.9 Å². The number of H-pyrrole nitrogens is 1. The zero-order valence-electron chi connectivity index (χ0n) is 16.5. The van der Waals surface area contributed by atoms with Crippen LogP contribution in [0.3, 0.4) is 0 Å². The summed E-state index contributed by atoms with van der Waals surface area (Å²) in [6, 6.07) is 11.8. The molecule has 0 amide bonds. The van der Waals surface area contributed by atoms with Crippen molar-refractivity contribution >= 4 is 20.9 Å². The van der Waals surface area contributed by atoms with Crippen LogP contribution in [-0.4, -0.2) is 37.9 Å². The number of aryl methyl sites for hydroxylation is 2. The van der Waals surface area contributed by atoms with E-state index in [0.717, 1.165) is 35.2 Å². The molecule has 2 heterocycles. The third-order valence-corrected chi connectivity index (χ3v) is 7.87. The highest BCUT2D eigenvalue weighted by atomic mass is 32.2. The van der Waals surface area contributed by atoms with Crippen molar-refractivity contribution in [3.63, 3.8) is 0 Å². The molecule has 0 atom stereocenters. The van der Waals surface area contributed by atoms with E-state index in [1.807, 2.05) is 26.0 Å². The lowest BCUT2D eigenvalue weighted by Gasteiger charge is -2.31. The fraction of sp³-hybridized carbons (Fsp3) is 0.364. The Morgan fingerprint density at radius 1 is 1.07 bits per heavy atom. The standard InChI is InChI=1S/C22H26N2O3S/c1-15-13-22(16(2)12-21(15)27-3)28(25,26)24-10-8-17(9-11-24)19-14-23-20-7-5-4-6-18(19)20/h4-7,12-14,17,23H,8-11H2,1-3H3. The van der Waals surface area contributed by atoms with Gasteiger partial charge in [0.05, 0.1) is 12.0 Å². The lowest BCUT2D eigenvalue weighted by molar-refractivity contribution is 0.320. The molecule has 1 saturated heterocycles. The highest BCUT2D eigenvalue weighted by Crippen LogP contribution is 2.35. The fourth-order valence-corrected chi connectivity index (χ4v) is 6.00. The molecule has 2 aromatic carbocycles. The first-order valence-corrected chi connectivity index (χ1v) is 11.1. The molecule has 0 bridgehead atoms. The molecule has 148 valence electrons. The van der Waals surface area contributed by atoms with Crippen molar-refractivity contribution in [3.8, 4) is 5.75 Å². The molecule has 1 aliphatic rings. The third-order valence-electron chi connectivity index (χ3n) is 5.83. The molecule has 1 aromatic heterocycles. The van der Waals surface area contributed by atoms with E-state index in [9.17, 15) is 8.42 Å². The van der Waals surface area contributed by atoms with Crippen molar-refractivity contribution < 1.29 is 13.2 Å². The number of nitrogens with one attached hydrogen (secondary N) is 1. The highest BCUT2D eigenvalue weighted by Gasteiger charge is 2.32. The number of para-hydroxylation sites is 1. The van der Waals surface area contributed by atoms with Gasteiger partial charge in [-0.05, 0) is 67.5 Å². The summed E-state index contributed by atoms with van der Waals surface area (Å²) < 4.78 is 33.4. The van der Waals surface area contributed by atoms with Crippen LogP contribution in [0.5, 0.6) is 5.75 Å². The lowest BCUT2D eigenvalue weighted by Crippen LogP contribution is -2.38. The molecule has 1 fully saturated rings. The topological polar surface area (TPSA) is 62.4 Å². The van der Waals surface area contributed by atoms with Gasteiger partial charge in [0.2, 0.25) is 10.0 Å². The van der Waals surface area contributed by atoms with E-state index in [4.69, 9.17) is 4.74 Å². The number of methoxy groups -OCH3 is 1. The first-order valence-electron chi connectivity index (χ1n) is 9.63. The van der Waals surface area contributed by atoms with Gasteiger partial charge in [-0.3, -0.25) is 0 Å². The minimum absolute atomic E-state index is 0.376. The Hall–Kier alpha value is -2.31. The van der Waals surface area contributed by atoms with Crippen molar-refractivity contribution in [1.29, 1.82) is 0 Å². The van der Waals surface area contributed by atoms with Gasteiger partial charge >= 0.3 is 0 Å². The fourth-order valence-electron chi connectivity index (χ4n) is 4.24. The smallest absolute Gasteiger partial charge is 0.243 e. The summed E-state index contributed by atoms with van der Waals surface area (Å²) in [6.45, 7) is 4.78. The van der Waals surface area contributed by atoms with Crippen LogP contribution in [0.4, 0.5) is 0 Å². The number of benzene rings is 2. The van der Waals surface area contributed by atoms with Gasteiger partial charge in [-0.2, -0.15) is 4.31 Å². The first kappa shape index (κ1) is 19.0. The van der Waals surface area contributed by atoms with Crippen LogP contribution in [0.1, 0.15) is 35.4 Å². The molecule has 5 nitrogen and oxygen atoms in total. The Bertz CT molecular complexity index is 1110. The van der Waals surface area contributed by atoms with Gasteiger partial charge in [0.1, 0.15) is 5.75 Å². The maximum atomic E-state index is 13.2. The number of aromatic nitrogens is 1. The molecule has 3 aromatic rings. The number of hydrogen-bond donors (Lipinski definition) is 1. The second kappa shape index (κ2) is 7.26. The van der Waals surface area contributed by atoms with E-state index in [1.165, 1.54) is 10.9 Å². The van der Waals surface area contributed by atoms with Crippen molar-refractivity contribution in [2.45, 2.75) is 37.5 Å². The predicted octanol–water partition coefficient (Wildman–Crippen LogP) is 4.36. The van der Waals surface area contributed by atoms with Gasteiger partial charge in [0, 0.05) is 30.2 Å². The van der Waals surface area contributed by atoms with Crippen molar-refractivity contribution in [2.75, 3.05) is 20.2 Å². The monoisotopic (exact) mass is 398 g/mol. The molecule has 0 unspecified atom stereocenters. The van der Waals surface area contributed by atoms with Gasteiger partial charge in [-0.1, -0.05) is 18.2 Å². The number of sulfonamides is 1. The SMILES string of the molecule is COc1cc(C)c(S(=O)(=O)N2CCC(c3c[nH]c4ccccc34)CC2)cc1C. The molecule has 0 radical (unpaired) electrons. The molecule has 0 aliphatic carbocycles. The molecule has 28 heavy (non-hydrogen) atoms. The van der Waals surface area contributed by atoms with Gasteiger partial charge < -0.3 is 9.72 Å². The molecule has 0 spiro atoms. The largest absolute Gasteiger partial charge is 0.496 e. The summed E-state index contributed by atoms with van der Waals surface area (Å²) in [7, 11) is -1.90. The molecular weight excluding hydrogens is 372 g/mol. The average Bonchev–Trinajstić information content (AvgIpc) is 3.13. The van der Waals surface area contributed by atoms with Gasteiger partial charge in [-0.15, -0.1) is 0 Å². The Kier molecular flexibility index (Phi) is 4.93. The quantitative estimate of drug-likeness (QED) is 0.710. The number of fused-ring (bicyclic) bond motifs is 1. The van der Waals surface area contributed by atoms with Crippen LogP contribution in [-0.2, 0) is 10.0 Å². The van der Waals surface area contributed by atoms with E-state index in [-0.39, 0.29) is 0 Å². The Morgan fingerprint density at radius 2 is 1.79 bits per heavy atom. The van der Waals surface area contributed by atoms with Crippen LogP contribution in [0, 0.1) is 13.8 Å². The third kappa shape index (κ3) is 3.20. The van der Waals surface area contributed by atoms with Crippen LogP contribution >= 0.6 is 0 Å². The number of hydrogen-bond acceptors (Lipinski definition) is 3. The Labute approximate surface area is 166 Å². The minimum Gasteiger partial charge on any atom is -0.496 e. The first-order chi connectivity index (χ1) is 13.4. The molecule has 1 N–H and O–H groups in total. The molecule has 4 rings (SSSR count). The average molecular weight is 399 g/mol. The number of rotatable bonds is 4. The maximum Gasteiger partial charge on any atom is 0.243 e. The van der Waals surface area contributed by atoms with E-state index in [2.05, 4.69) is 23.3 Å². The molecule has 0 saturated carbocycles. The normalized spacial score (nSPS) is 16.5. The van der Waals surface area contributed by atoms with Gasteiger partial charge in [-0.25, -0.2) is 8.42 Å². The van der Waals surface area contributed by atoms with E-state index >= 15 is 0 Å². The number of nitrogens with zero attached hydrogens (tertiary/aromatic N) is 1. The lowest BCUT2D eigenvalue weighted by atomic mass is 9.90. The van der Waals surface area contributed by atoms with Gasteiger partial charge in [0.15, 0.2) is 0 Å². The van der Waals surface area contributed by atoms with Crippen molar-refractivity contribution in [2.24, 2.45) is 0 Å². The minimum atomic E-state index is -3.50. The number of ether oxygens (including phenoxy) is 1. The van der Waals surface area contributed by atoms with Crippen LogP contribution in [0.2, 0.25) is 0 Å². The summed E-state index contributed by atoms with van der Waals surface area (Å²) in [4.78, 5) is 3.72. The number of aromatic amines is 1. The summed E-state index contributed by atoms with van der Waals surface area (Å²) in [5, 5.41) is 1.24. The zero-order valence-corrected chi connectivity index (χ0v) is 17.3. The van der Waals surface area contributed by atoms with Gasteiger partial charge in [0.25, 0.3) is 0 Å². The molecule has 1 aliphatic heterocycles. The number of piperidine rings is 1. The predicted molar refractivity (Wildman–Crippen MR) is 112 cm³/mol. The van der Waals surface area contributed by atoms with Crippen LogP contribution < -0.4 is 4.74 Å². The summed E-state index contributed by atoms with van der Waals surface area (Å²) >= 11 is 0. The molecule has 6 heteroatoms. The van der Waals surface area contributed by atoms with E-state index in [1.54, 1.807) is 23.5 Å². The Balaban J connectivity index is 1.55. The second-order valence-electron chi connectivity index (χ2n) is 7.56. The molecular formula is C22H26N2O3S. The summed E-state index contributed by atoms with van der Waals surface area (Å²) in [6.07, 6.45) is 3.74. The maximum absolute atomic E-state index is 13.2. The van der Waals surface area contributed by atoms with Crippen LogP contribution in [0.15, 0.2) is 47.5 Å². The summed E-state index contributed by atoms with van der Waals surface area (Å²) in [5.74, 6) is 1.09. The second-order valence-corrected chi connectivity index (χ2v) is 9.46. The van der Waals surface area contributed by atoms with Crippen molar-refractivity contribution in [3.05, 3.63) is 59.3 Å².